The maximum absolute atomic E-state index is 11.5. The van der Waals surface area contributed by atoms with Crippen molar-refractivity contribution in [2.24, 2.45) is 47.3 Å². The minimum Gasteiger partial charge on any atom is -0.459 e. The van der Waals surface area contributed by atoms with Crippen molar-refractivity contribution in [2.75, 3.05) is 26.4 Å². The van der Waals surface area contributed by atoms with E-state index in [1.54, 1.807) is 48.5 Å². The van der Waals surface area contributed by atoms with Crippen LogP contribution in [0.25, 0.3) is 0 Å². The van der Waals surface area contributed by atoms with Gasteiger partial charge in [0, 0.05) is 48.5 Å². The van der Waals surface area contributed by atoms with E-state index in [1.165, 1.54) is 57.4 Å². The third-order valence-corrected chi connectivity index (χ3v) is 20.5. The van der Waals surface area contributed by atoms with Gasteiger partial charge in [0.05, 0.1) is 50.8 Å². The van der Waals surface area contributed by atoms with Crippen LogP contribution in [0.3, 0.4) is 0 Å². The summed E-state index contributed by atoms with van der Waals surface area (Å²) in [4.78, 5) is 91.2. The van der Waals surface area contributed by atoms with Gasteiger partial charge >= 0.3 is 23.9 Å². The second-order valence-corrected chi connectivity index (χ2v) is 28.1. The Morgan fingerprint density at radius 2 is 0.602 bits per heavy atom. The van der Waals surface area contributed by atoms with E-state index in [0.29, 0.717) is 129 Å². The van der Waals surface area contributed by atoms with Gasteiger partial charge in [-0.05, 0) is 247 Å². The first-order chi connectivity index (χ1) is 44.1. The van der Waals surface area contributed by atoms with E-state index < -0.39 is 0 Å². The predicted octanol–water partition coefficient (Wildman–Crippen LogP) is 14.8. The lowest BCUT2D eigenvalue weighted by molar-refractivity contribution is -0.153. The van der Waals surface area contributed by atoms with Gasteiger partial charge in [-0.2, -0.15) is 0 Å². The van der Waals surface area contributed by atoms with Crippen LogP contribution >= 0.6 is 0 Å². The Balaban J connectivity index is 0.000000212. The Labute approximate surface area is 556 Å². The summed E-state index contributed by atoms with van der Waals surface area (Å²) < 4.78 is 44.6. The van der Waals surface area contributed by atoms with Gasteiger partial charge in [0.2, 0.25) is 0 Å². The molecule has 0 aliphatic heterocycles. The molecule has 93 heavy (non-hydrogen) atoms. The molecule has 0 radical (unpaired) electrons. The molecule has 9 aliphatic carbocycles. The van der Waals surface area contributed by atoms with Gasteiger partial charge in [0.15, 0.2) is 23.1 Å². The average molecular weight is 1300 g/mol. The van der Waals surface area contributed by atoms with Crippen molar-refractivity contribution < 1.29 is 76.3 Å². The van der Waals surface area contributed by atoms with Crippen LogP contribution in [0, 0.1) is 47.3 Å². The molecular weight excluding hydrogens is 1180 g/mol. The van der Waals surface area contributed by atoms with Crippen molar-refractivity contribution in [3.8, 4) is 0 Å². The summed E-state index contributed by atoms with van der Waals surface area (Å²) in [6, 6.07) is 0. The molecule has 4 bridgehead atoms. The highest BCUT2D eigenvalue weighted by Gasteiger charge is 2.56. The Bertz CT molecular complexity index is 2550. The van der Waals surface area contributed by atoms with Crippen LogP contribution in [0.5, 0.6) is 0 Å². The van der Waals surface area contributed by atoms with Gasteiger partial charge in [-0.1, -0.05) is 65.5 Å². The topological polar surface area (TPSA) is 210 Å². The molecule has 16 nitrogen and oxygen atoms in total. The highest BCUT2D eigenvalue weighted by atomic mass is 16.6. The molecule has 9 rings (SSSR count). The first kappa shape index (κ1) is 78.0. The first-order valence-corrected chi connectivity index (χ1v) is 34.8. The number of Topliss-reactive ketones (excluding diaryl/α,β-unsaturated/α-hetero) is 4. The SMILES string of the molecule is C=C(C)C(=O)CCOC1CCC(OCCC(=O)C(=C)C)CC1.C=C(C)C(=O)CCOC1CCCC(OCCC(=O)C(=C)C)C1.C=C(C)C(=O)OC1CC2CC1C1CCCC21.C=C(C)C(=O)OC1CCC(OC(=O)C(=C)C)CC1.C=CC(=O)OC1CC2CC1C1CCCC21. The zero-order valence-electron chi connectivity index (χ0n) is 57.7. The molecule has 12 unspecified atom stereocenters. The van der Waals surface area contributed by atoms with Crippen molar-refractivity contribution in [1.29, 1.82) is 0 Å². The highest BCUT2D eigenvalue weighted by molar-refractivity contribution is 5.95. The van der Waals surface area contributed by atoms with Gasteiger partial charge in [0.1, 0.15) is 24.4 Å². The van der Waals surface area contributed by atoms with Crippen LogP contribution in [0.15, 0.2) is 97.7 Å². The van der Waals surface area contributed by atoms with E-state index in [1.807, 2.05) is 0 Å². The molecule has 9 saturated carbocycles. The summed E-state index contributed by atoms with van der Waals surface area (Å²) in [5.41, 5.74) is 3.68. The summed E-state index contributed by atoms with van der Waals surface area (Å²) in [5, 5.41) is 0. The molecule has 9 aliphatic rings. The van der Waals surface area contributed by atoms with Crippen LogP contribution < -0.4 is 0 Å². The zero-order valence-corrected chi connectivity index (χ0v) is 57.7. The number of ether oxygens (including phenoxy) is 8. The van der Waals surface area contributed by atoms with Crippen LogP contribution in [-0.2, 0) is 76.3 Å². The van der Waals surface area contributed by atoms with Crippen molar-refractivity contribution in [2.45, 2.75) is 264 Å². The molecule has 518 valence electrons. The minimum absolute atomic E-state index is 0.0573. The van der Waals surface area contributed by atoms with Gasteiger partial charge in [-0.3, -0.25) is 19.2 Å². The number of carbonyl (C=O) groups is 8. The highest BCUT2D eigenvalue weighted by Crippen LogP contribution is 2.60. The molecule has 0 heterocycles. The number of ketones is 4. The summed E-state index contributed by atoms with van der Waals surface area (Å²) in [6.45, 7) is 42.4. The molecule has 16 heteroatoms. The largest absolute Gasteiger partial charge is 0.459 e. The lowest BCUT2D eigenvalue weighted by Crippen LogP contribution is -2.32. The molecule has 0 aromatic carbocycles. The van der Waals surface area contributed by atoms with Gasteiger partial charge in [0.25, 0.3) is 0 Å². The quantitative estimate of drug-likeness (QED) is 0.0405. The molecule has 0 saturated heterocycles. The molecular formula is C77H114O16. The average Bonchev–Trinajstić information content (AvgIpc) is 1.61. The fourth-order valence-corrected chi connectivity index (χ4v) is 15.4. The third kappa shape index (κ3) is 25.8. The summed E-state index contributed by atoms with van der Waals surface area (Å²) in [6.07, 6.45) is 27.6. The molecule has 0 N–H and O–H groups in total. The Morgan fingerprint density at radius 1 is 0.312 bits per heavy atom. The maximum atomic E-state index is 11.5. The summed E-state index contributed by atoms with van der Waals surface area (Å²) in [7, 11) is 0. The smallest absolute Gasteiger partial charge is 0.333 e. The van der Waals surface area contributed by atoms with Crippen molar-refractivity contribution in [1.82, 2.24) is 0 Å². The van der Waals surface area contributed by atoms with E-state index in [4.69, 9.17) is 37.9 Å². The van der Waals surface area contributed by atoms with Crippen LogP contribution in [0.1, 0.15) is 215 Å². The fraction of sp³-hybridized carbons (Fsp3) is 0.688. The second-order valence-electron chi connectivity index (χ2n) is 28.1. The van der Waals surface area contributed by atoms with Crippen LogP contribution in [-0.4, -0.2) is 122 Å². The molecule has 0 amide bonds. The number of fused-ring (bicyclic) bond motifs is 10. The number of esters is 4. The molecule has 0 spiro atoms. The standard InChI is InChI=1S/2C18H28O4.C14H20O4.C14H20O2.C13H18O2/c1-13(2)17(19)9-11-21-15-5-7-16(8-6-15)22-12-10-18(20)14(3)4;1-13(2)17(19)8-10-21-15-6-5-7-16(12-15)22-11-9-18(20)14(3)4;1-9(2)13(15)17-11-5-7-12(8-6-11)18-14(16)10(3)4;1-8(2)14(15)16-13-7-9-6-12(13)11-5-3-4-10(9)11;1-2-13(14)15-12-7-8-6-11(12)10-5-3-4-9(8)10/h2*15-16H,1,3,5-12H2,2,4H3;11-12H,1,3,5-8H2,2,4H3;9-13H,1,3-7H2,2H3;2,8-12H,1,3-7H2. The number of hydrogen-bond donors (Lipinski definition) is 0. The third-order valence-electron chi connectivity index (χ3n) is 20.5. The predicted molar refractivity (Wildman–Crippen MR) is 360 cm³/mol. The molecule has 0 aromatic rings. The molecule has 12 atom stereocenters. The first-order valence-electron chi connectivity index (χ1n) is 34.8. The fourth-order valence-electron chi connectivity index (χ4n) is 15.4. The minimum atomic E-state index is -0.350. The van der Waals surface area contributed by atoms with Gasteiger partial charge < -0.3 is 37.9 Å². The lowest BCUT2D eigenvalue weighted by Gasteiger charge is -2.31. The zero-order chi connectivity index (χ0) is 68.5. The van der Waals surface area contributed by atoms with Crippen molar-refractivity contribution in [3.63, 3.8) is 0 Å². The Hall–Kier alpha value is -5.68. The van der Waals surface area contributed by atoms with E-state index in [9.17, 15) is 38.4 Å². The number of rotatable bonds is 28. The van der Waals surface area contributed by atoms with Gasteiger partial charge in [-0.15, -0.1) is 0 Å². The lowest BCUT2D eigenvalue weighted by atomic mass is 9.80. The molecule has 0 aromatic heterocycles. The van der Waals surface area contributed by atoms with E-state index >= 15 is 0 Å². The van der Waals surface area contributed by atoms with Crippen LogP contribution in [0.4, 0.5) is 0 Å². The van der Waals surface area contributed by atoms with Crippen molar-refractivity contribution in [3.05, 3.63) is 97.7 Å². The Morgan fingerprint density at radius 3 is 0.925 bits per heavy atom. The van der Waals surface area contributed by atoms with E-state index in [-0.39, 0.29) is 95.8 Å². The van der Waals surface area contributed by atoms with Crippen molar-refractivity contribution >= 4 is 47.0 Å². The van der Waals surface area contributed by atoms with E-state index in [2.05, 4.69) is 52.6 Å². The van der Waals surface area contributed by atoms with E-state index in [0.717, 1.165) is 99.7 Å². The normalized spacial score (nSPS) is 29.7. The summed E-state index contributed by atoms with van der Waals surface area (Å²) in [5.74, 6) is 5.83. The number of hydrogen-bond acceptors (Lipinski definition) is 16. The van der Waals surface area contributed by atoms with Crippen LogP contribution in [0.2, 0.25) is 0 Å². The summed E-state index contributed by atoms with van der Waals surface area (Å²) >= 11 is 0. The maximum Gasteiger partial charge on any atom is 0.333 e. The molecule has 9 fully saturated rings. The second kappa shape index (κ2) is 39.4. The number of allylic oxidation sites excluding steroid dienone is 4. The Kier molecular flexibility index (Phi) is 33.0. The van der Waals surface area contributed by atoms with Gasteiger partial charge in [-0.25, -0.2) is 19.2 Å². The number of carbonyl (C=O) groups excluding carboxylic acids is 8. The monoisotopic (exact) mass is 1290 g/mol.